The number of ether oxygens (including phenoxy) is 1. The van der Waals surface area contributed by atoms with E-state index >= 15 is 0 Å². The number of likely N-dealkylation sites (tertiary alicyclic amines) is 1. The van der Waals surface area contributed by atoms with Crippen LogP contribution < -0.4 is 5.32 Å². The number of benzene rings is 2. The summed E-state index contributed by atoms with van der Waals surface area (Å²) in [6.07, 6.45) is -2.10. The lowest BCUT2D eigenvalue weighted by Crippen LogP contribution is -2.35. The van der Waals surface area contributed by atoms with Gasteiger partial charge in [0.25, 0.3) is 0 Å². The van der Waals surface area contributed by atoms with Gasteiger partial charge in [-0.1, -0.05) is 35.9 Å². The number of carbonyl (C=O) groups excluding carboxylic acids is 1. The molecular formula is C25H30ClF3N2O2. The molecule has 4 nitrogen and oxygen atoms in total. The minimum atomic E-state index is -4.45. The smallest absolute Gasteiger partial charge is 0.412 e. The van der Waals surface area contributed by atoms with Crippen molar-refractivity contribution >= 4 is 23.4 Å². The Morgan fingerprint density at radius 3 is 2.33 bits per heavy atom. The molecule has 1 aliphatic rings. The fraction of sp³-hybridized carbons (Fsp3) is 0.480. The summed E-state index contributed by atoms with van der Waals surface area (Å²) in [5, 5.41) is 2.98. The van der Waals surface area contributed by atoms with Crippen molar-refractivity contribution in [3.8, 4) is 0 Å². The van der Waals surface area contributed by atoms with Crippen LogP contribution in [0.2, 0.25) is 5.02 Å². The van der Waals surface area contributed by atoms with Crippen molar-refractivity contribution in [3.63, 3.8) is 0 Å². The van der Waals surface area contributed by atoms with E-state index in [0.717, 1.165) is 24.8 Å². The van der Waals surface area contributed by atoms with E-state index in [1.165, 1.54) is 24.3 Å². The highest BCUT2D eigenvalue weighted by Gasteiger charge is 2.40. The van der Waals surface area contributed by atoms with Crippen LogP contribution in [0.4, 0.5) is 23.7 Å². The van der Waals surface area contributed by atoms with Crippen LogP contribution in [0.5, 0.6) is 0 Å². The summed E-state index contributed by atoms with van der Waals surface area (Å²) in [7, 11) is 0. The first-order chi connectivity index (χ1) is 15.4. The Bertz CT molecular complexity index is 925. The highest BCUT2D eigenvalue weighted by molar-refractivity contribution is 6.30. The number of carbonyl (C=O) groups is 1. The second-order valence-corrected chi connectivity index (χ2v) is 9.92. The Balaban J connectivity index is 1.54. The summed E-state index contributed by atoms with van der Waals surface area (Å²) in [6, 6.07) is 10.9. The van der Waals surface area contributed by atoms with Crippen LogP contribution in [0.25, 0.3) is 0 Å². The molecule has 2 aromatic carbocycles. The number of halogens is 4. The standard InChI is InChI=1S/C25H30ClF3N2O2/c1-24(2,3)33-23(32)31-15-14-18(16-31)5-4-17-6-12-21(13-7-17)30-22(25(27,28)29)19-8-10-20(26)11-9-19/h6-13,18,22,30H,4-5,14-16H2,1-3H3. The van der Waals surface area contributed by atoms with Crippen molar-refractivity contribution in [3.05, 3.63) is 64.7 Å². The molecule has 0 radical (unpaired) electrons. The molecule has 1 amide bonds. The number of aryl methyl sites for hydroxylation is 1. The SMILES string of the molecule is CC(C)(C)OC(=O)N1CCC(CCc2ccc(NC(c3ccc(Cl)cc3)C(F)(F)F)cc2)C1. The summed E-state index contributed by atoms with van der Waals surface area (Å²) in [5.74, 6) is 0.384. The molecule has 0 spiro atoms. The third-order valence-corrected chi connectivity index (χ3v) is 5.83. The van der Waals surface area contributed by atoms with Gasteiger partial charge in [-0.05, 0) is 81.3 Å². The number of hydrogen-bond donors (Lipinski definition) is 1. The normalized spacial score (nSPS) is 17.7. The van der Waals surface area contributed by atoms with E-state index in [1.807, 2.05) is 32.9 Å². The molecule has 3 rings (SSSR count). The molecule has 1 saturated heterocycles. The number of rotatable bonds is 6. The highest BCUT2D eigenvalue weighted by Crippen LogP contribution is 2.36. The minimum absolute atomic E-state index is 0.103. The zero-order chi connectivity index (χ0) is 24.2. The van der Waals surface area contributed by atoms with Crippen molar-refractivity contribution in [2.24, 2.45) is 5.92 Å². The van der Waals surface area contributed by atoms with Crippen LogP contribution in [0.15, 0.2) is 48.5 Å². The second kappa shape index (κ2) is 10.2. The fourth-order valence-electron chi connectivity index (χ4n) is 3.88. The molecule has 1 heterocycles. The quantitative estimate of drug-likeness (QED) is 0.471. The first-order valence-corrected chi connectivity index (χ1v) is 11.4. The zero-order valence-electron chi connectivity index (χ0n) is 19.1. The summed E-state index contributed by atoms with van der Waals surface area (Å²) >= 11 is 5.81. The molecule has 2 aromatic rings. The largest absolute Gasteiger partial charge is 0.444 e. The summed E-state index contributed by atoms with van der Waals surface area (Å²) in [6.45, 7) is 6.91. The van der Waals surface area contributed by atoms with Gasteiger partial charge in [-0.3, -0.25) is 0 Å². The van der Waals surface area contributed by atoms with Crippen molar-refractivity contribution in [1.82, 2.24) is 4.90 Å². The number of nitrogens with one attached hydrogen (secondary N) is 1. The molecule has 8 heteroatoms. The van der Waals surface area contributed by atoms with Crippen LogP contribution in [0.1, 0.15) is 50.8 Å². The Morgan fingerprint density at radius 2 is 1.76 bits per heavy atom. The average Bonchev–Trinajstić information content (AvgIpc) is 3.19. The van der Waals surface area contributed by atoms with Gasteiger partial charge in [0.1, 0.15) is 11.6 Å². The van der Waals surface area contributed by atoms with Gasteiger partial charge >= 0.3 is 12.3 Å². The van der Waals surface area contributed by atoms with E-state index < -0.39 is 17.8 Å². The number of nitrogens with zero attached hydrogens (tertiary/aromatic N) is 1. The number of hydrogen-bond acceptors (Lipinski definition) is 3. The molecule has 1 aliphatic heterocycles. The van der Waals surface area contributed by atoms with E-state index in [-0.39, 0.29) is 11.7 Å². The first-order valence-electron chi connectivity index (χ1n) is 11.1. The van der Waals surface area contributed by atoms with Crippen LogP contribution in [0.3, 0.4) is 0 Å². The lowest BCUT2D eigenvalue weighted by Gasteiger charge is -2.24. The molecule has 1 N–H and O–H groups in total. The summed E-state index contributed by atoms with van der Waals surface area (Å²) < 4.78 is 46.3. The minimum Gasteiger partial charge on any atom is -0.444 e. The van der Waals surface area contributed by atoms with E-state index in [1.54, 1.807) is 17.0 Å². The van der Waals surface area contributed by atoms with Gasteiger partial charge in [0.15, 0.2) is 0 Å². The molecule has 0 aromatic heterocycles. The van der Waals surface area contributed by atoms with E-state index in [9.17, 15) is 18.0 Å². The Kier molecular flexibility index (Phi) is 7.83. The topological polar surface area (TPSA) is 41.6 Å². The lowest BCUT2D eigenvalue weighted by molar-refractivity contribution is -0.144. The van der Waals surface area contributed by atoms with E-state index in [0.29, 0.717) is 29.7 Å². The third kappa shape index (κ3) is 7.56. The Labute approximate surface area is 198 Å². The van der Waals surface area contributed by atoms with Gasteiger partial charge in [-0.2, -0.15) is 13.2 Å². The number of alkyl halides is 3. The van der Waals surface area contributed by atoms with Crippen molar-refractivity contribution in [2.75, 3.05) is 18.4 Å². The molecule has 180 valence electrons. The van der Waals surface area contributed by atoms with Crippen LogP contribution in [-0.4, -0.2) is 35.9 Å². The molecule has 0 saturated carbocycles. The second-order valence-electron chi connectivity index (χ2n) is 9.49. The molecule has 0 aliphatic carbocycles. The van der Waals surface area contributed by atoms with Crippen molar-refractivity contribution in [2.45, 2.75) is 57.9 Å². The maximum atomic E-state index is 13.6. The maximum absolute atomic E-state index is 13.6. The lowest BCUT2D eigenvalue weighted by atomic mass is 9.98. The molecular weight excluding hydrogens is 453 g/mol. The van der Waals surface area contributed by atoms with Crippen LogP contribution in [-0.2, 0) is 11.2 Å². The third-order valence-electron chi connectivity index (χ3n) is 5.57. The summed E-state index contributed by atoms with van der Waals surface area (Å²) in [5.41, 5.74) is 1.04. The Morgan fingerprint density at radius 1 is 1.12 bits per heavy atom. The van der Waals surface area contributed by atoms with Gasteiger partial charge in [0, 0.05) is 23.8 Å². The van der Waals surface area contributed by atoms with Crippen molar-refractivity contribution in [1.29, 1.82) is 0 Å². The highest BCUT2D eigenvalue weighted by atomic mass is 35.5. The van der Waals surface area contributed by atoms with Gasteiger partial charge < -0.3 is 15.0 Å². The molecule has 0 bridgehead atoms. The van der Waals surface area contributed by atoms with Crippen molar-refractivity contribution < 1.29 is 22.7 Å². The molecule has 33 heavy (non-hydrogen) atoms. The predicted octanol–water partition coefficient (Wildman–Crippen LogP) is 7.25. The molecule has 1 fully saturated rings. The van der Waals surface area contributed by atoms with E-state index in [2.05, 4.69) is 5.32 Å². The Hall–Kier alpha value is -2.41. The first kappa shape index (κ1) is 25.2. The average molecular weight is 483 g/mol. The van der Waals surface area contributed by atoms with Gasteiger partial charge in [-0.15, -0.1) is 0 Å². The molecule has 2 unspecified atom stereocenters. The van der Waals surface area contributed by atoms with Gasteiger partial charge in [0.2, 0.25) is 0 Å². The predicted molar refractivity (Wildman–Crippen MR) is 125 cm³/mol. The van der Waals surface area contributed by atoms with Gasteiger partial charge in [-0.25, -0.2) is 4.79 Å². The summed E-state index contributed by atoms with van der Waals surface area (Å²) in [4.78, 5) is 14.0. The number of anilines is 1. The monoisotopic (exact) mass is 482 g/mol. The van der Waals surface area contributed by atoms with Crippen LogP contribution >= 0.6 is 11.6 Å². The van der Waals surface area contributed by atoms with Gasteiger partial charge in [0.05, 0.1) is 0 Å². The zero-order valence-corrected chi connectivity index (χ0v) is 19.8. The fourth-order valence-corrected chi connectivity index (χ4v) is 4.00. The number of amides is 1. The molecule has 2 atom stereocenters. The van der Waals surface area contributed by atoms with Crippen LogP contribution in [0, 0.1) is 5.92 Å². The van der Waals surface area contributed by atoms with E-state index in [4.69, 9.17) is 16.3 Å². The maximum Gasteiger partial charge on any atom is 0.412 e.